The summed E-state index contributed by atoms with van der Waals surface area (Å²) < 4.78 is 6.29. The summed E-state index contributed by atoms with van der Waals surface area (Å²) in [5.74, 6) is 2.69. The Morgan fingerprint density at radius 3 is 2.53 bits per heavy atom. The van der Waals surface area contributed by atoms with Gasteiger partial charge in [-0.3, -0.25) is 0 Å². The molecule has 0 bridgehead atoms. The number of hydrogen-bond acceptors (Lipinski definition) is 8. The molecule has 1 aromatic carbocycles. The van der Waals surface area contributed by atoms with Gasteiger partial charge in [-0.1, -0.05) is 22.6 Å². The number of methoxy groups -OCH3 is 1. The summed E-state index contributed by atoms with van der Waals surface area (Å²) in [5, 5.41) is 6.67. The Balaban J connectivity index is 1.87. The first-order valence-electron chi connectivity index (χ1n) is 10.3. The van der Waals surface area contributed by atoms with Gasteiger partial charge in [-0.25, -0.2) is 0 Å². The van der Waals surface area contributed by atoms with Crippen molar-refractivity contribution in [1.82, 2.24) is 19.9 Å². The molecule has 2 N–H and O–H groups in total. The summed E-state index contributed by atoms with van der Waals surface area (Å²) in [6, 6.07) is 6.68. The van der Waals surface area contributed by atoms with Crippen LogP contribution in [0.2, 0.25) is 0 Å². The molecule has 2 heterocycles. The number of hydrogen-bond donors (Lipinski definition) is 2. The lowest BCUT2D eigenvalue weighted by Crippen LogP contribution is -2.42. The van der Waals surface area contributed by atoms with Crippen molar-refractivity contribution in [1.29, 1.82) is 0 Å². The SMILES string of the molecule is COc1ccc(Nc2nc(NC(C)C)nc(N(C)C3CCN(C)CC3)n2)cc1CI. The minimum absolute atomic E-state index is 0.230. The van der Waals surface area contributed by atoms with E-state index in [1.54, 1.807) is 7.11 Å². The molecular formula is C21H32IN7O. The topological polar surface area (TPSA) is 78.4 Å². The summed E-state index contributed by atoms with van der Waals surface area (Å²) in [7, 11) is 5.94. The molecule has 9 heteroatoms. The Morgan fingerprint density at radius 1 is 1.20 bits per heavy atom. The van der Waals surface area contributed by atoms with Gasteiger partial charge < -0.3 is 25.2 Å². The fourth-order valence-electron chi connectivity index (χ4n) is 3.54. The quantitative estimate of drug-likeness (QED) is 0.397. The van der Waals surface area contributed by atoms with E-state index in [9.17, 15) is 0 Å². The van der Waals surface area contributed by atoms with Crippen molar-refractivity contribution in [2.45, 2.75) is 43.2 Å². The average molecular weight is 525 g/mol. The number of benzene rings is 1. The number of nitrogens with one attached hydrogen (secondary N) is 2. The van der Waals surface area contributed by atoms with Gasteiger partial charge in [0.05, 0.1) is 7.11 Å². The van der Waals surface area contributed by atoms with Gasteiger partial charge in [0.1, 0.15) is 5.75 Å². The fraction of sp³-hybridized carbons (Fsp3) is 0.571. The van der Waals surface area contributed by atoms with E-state index in [0.29, 0.717) is 23.9 Å². The van der Waals surface area contributed by atoms with Gasteiger partial charge in [-0.05, 0) is 65.0 Å². The van der Waals surface area contributed by atoms with Gasteiger partial charge >= 0.3 is 0 Å². The highest BCUT2D eigenvalue weighted by Crippen LogP contribution is 2.27. The van der Waals surface area contributed by atoms with Crippen LogP contribution < -0.4 is 20.3 Å². The Labute approximate surface area is 193 Å². The Bertz CT molecular complexity index is 840. The number of aromatic nitrogens is 3. The van der Waals surface area contributed by atoms with Crippen molar-refractivity contribution in [3.63, 3.8) is 0 Å². The van der Waals surface area contributed by atoms with E-state index < -0.39 is 0 Å². The van der Waals surface area contributed by atoms with Crippen LogP contribution in [0.1, 0.15) is 32.3 Å². The van der Waals surface area contributed by atoms with Crippen LogP contribution in [0.3, 0.4) is 0 Å². The van der Waals surface area contributed by atoms with Gasteiger partial charge in [0.2, 0.25) is 17.8 Å². The van der Waals surface area contributed by atoms with Gasteiger partial charge in [0.15, 0.2) is 0 Å². The van der Waals surface area contributed by atoms with E-state index in [2.05, 4.69) is 87.0 Å². The van der Waals surface area contributed by atoms with Crippen molar-refractivity contribution < 1.29 is 4.74 Å². The maximum Gasteiger partial charge on any atom is 0.233 e. The Hall–Kier alpha value is -1.88. The first-order valence-corrected chi connectivity index (χ1v) is 11.9. The zero-order valence-corrected chi connectivity index (χ0v) is 20.6. The minimum Gasteiger partial charge on any atom is -0.496 e. The molecule has 0 saturated carbocycles. The lowest BCUT2D eigenvalue weighted by Gasteiger charge is -2.35. The number of ether oxygens (including phenoxy) is 1. The predicted molar refractivity (Wildman–Crippen MR) is 132 cm³/mol. The van der Waals surface area contributed by atoms with Gasteiger partial charge in [-0.15, -0.1) is 0 Å². The third kappa shape index (κ3) is 5.84. The van der Waals surface area contributed by atoms with Crippen LogP contribution in [0.25, 0.3) is 0 Å². The molecular weight excluding hydrogens is 493 g/mol. The summed E-state index contributed by atoms with van der Waals surface area (Å²) in [4.78, 5) is 18.6. The fourth-order valence-corrected chi connectivity index (χ4v) is 4.13. The molecule has 0 atom stereocenters. The van der Waals surface area contributed by atoms with Crippen LogP contribution in [-0.4, -0.2) is 66.2 Å². The number of likely N-dealkylation sites (tertiary alicyclic amines) is 1. The van der Waals surface area contributed by atoms with E-state index in [0.717, 1.165) is 47.4 Å². The average Bonchev–Trinajstić information content (AvgIpc) is 2.73. The largest absolute Gasteiger partial charge is 0.496 e. The maximum atomic E-state index is 5.44. The number of anilines is 4. The predicted octanol–water partition coefficient (Wildman–Crippen LogP) is 3.91. The molecule has 0 aliphatic carbocycles. The molecule has 0 unspecified atom stereocenters. The molecule has 8 nitrogen and oxygen atoms in total. The van der Waals surface area contributed by atoms with Crippen molar-refractivity contribution in [3.8, 4) is 5.75 Å². The van der Waals surface area contributed by atoms with E-state index in [4.69, 9.17) is 9.72 Å². The number of rotatable bonds is 8. The number of halogens is 1. The maximum absolute atomic E-state index is 5.44. The standard InChI is InChI=1S/C21H32IN7O/c1-14(2)23-19-25-20(24-16-6-7-18(30-5)15(12-16)13-22)27-21(26-19)29(4)17-8-10-28(3)11-9-17/h6-7,12,14,17H,8-11,13H2,1-5H3,(H2,23,24,25,26,27). The molecule has 1 fully saturated rings. The normalized spacial score (nSPS) is 15.3. The van der Waals surface area contributed by atoms with Crippen LogP contribution in [0.4, 0.5) is 23.5 Å². The monoisotopic (exact) mass is 525 g/mol. The minimum atomic E-state index is 0.230. The van der Waals surface area contributed by atoms with Crippen LogP contribution in [-0.2, 0) is 4.43 Å². The molecule has 0 spiro atoms. The lowest BCUT2D eigenvalue weighted by molar-refractivity contribution is 0.252. The van der Waals surface area contributed by atoms with E-state index >= 15 is 0 Å². The third-order valence-electron chi connectivity index (χ3n) is 5.27. The third-order valence-corrected chi connectivity index (χ3v) is 6.09. The Morgan fingerprint density at radius 2 is 1.90 bits per heavy atom. The molecule has 1 aliphatic rings. The molecule has 1 aromatic heterocycles. The van der Waals surface area contributed by atoms with Crippen molar-refractivity contribution in [2.24, 2.45) is 0 Å². The highest BCUT2D eigenvalue weighted by atomic mass is 127. The summed E-state index contributed by atoms with van der Waals surface area (Å²) in [6.45, 7) is 6.33. The molecule has 1 aliphatic heterocycles. The smallest absolute Gasteiger partial charge is 0.233 e. The number of alkyl halides is 1. The molecule has 0 radical (unpaired) electrons. The van der Waals surface area contributed by atoms with E-state index in [-0.39, 0.29) is 6.04 Å². The van der Waals surface area contributed by atoms with Crippen LogP contribution in [0, 0.1) is 0 Å². The van der Waals surface area contributed by atoms with Crippen LogP contribution in [0.15, 0.2) is 18.2 Å². The van der Waals surface area contributed by atoms with Crippen molar-refractivity contribution in [3.05, 3.63) is 23.8 Å². The lowest BCUT2D eigenvalue weighted by atomic mass is 10.0. The summed E-state index contributed by atoms with van der Waals surface area (Å²) >= 11 is 2.34. The Kier molecular flexibility index (Phi) is 7.93. The summed E-state index contributed by atoms with van der Waals surface area (Å²) in [6.07, 6.45) is 2.21. The van der Waals surface area contributed by atoms with Gasteiger partial charge in [-0.2, -0.15) is 15.0 Å². The highest BCUT2D eigenvalue weighted by molar-refractivity contribution is 14.1. The molecule has 0 amide bonds. The molecule has 30 heavy (non-hydrogen) atoms. The van der Waals surface area contributed by atoms with Crippen molar-refractivity contribution >= 4 is 46.1 Å². The second kappa shape index (κ2) is 10.4. The molecule has 2 aromatic rings. The van der Waals surface area contributed by atoms with E-state index in [1.807, 2.05) is 12.1 Å². The van der Waals surface area contributed by atoms with Crippen molar-refractivity contribution in [2.75, 3.05) is 49.8 Å². The second-order valence-electron chi connectivity index (χ2n) is 8.01. The number of nitrogens with zero attached hydrogens (tertiary/aromatic N) is 5. The van der Waals surface area contributed by atoms with Gasteiger partial charge in [0.25, 0.3) is 0 Å². The zero-order chi connectivity index (χ0) is 21.7. The number of piperidine rings is 1. The van der Waals surface area contributed by atoms with Gasteiger partial charge in [0, 0.05) is 34.8 Å². The summed E-state index contributed by atoms with van der Waals surface area (Å²) in [5.41, 5.74) is 2.05. The zero-order valence-electron chi connectivity index (χ0n) is 18.4. The van der Waals surface area contributed by atoms with Crippen LogP contribution >= 0.6 is 22.6 Å². The first-order chi connectivity index (χ1) is 14.4. The molecule has 1 saturated heterocycles. The highest BCUT2D eigenvalue weighted by Gasteiger charge is 2.23. The van der Waals surface area contributed by atoms with Crippen LogP contribution in [0.5, 0.6) is 5.75 Å². The first kappa shape index (κ1) is 22.8. The second-order valence-corrected chi connectivity index (χ2v) is 8.78. The molecule has 3 rings (SSSR count). The van der Waals surface area contributed by atoms with E-state index in [1.165, 1.54) is 0 Å². The molecule has 164 valence electrons.